The van der Waals surface area contributed by atoms with Crippen LogP contribution in [0.2, 0.25) is 0 Å². The Balaban J connectivity index is 3.41. The molecule has 0 aromatic carbocycles. The van der Waals surface area contributed by atoms with Gasteiger partial charge in [-0.3, -0.25) is 0 Å². The highest BCUT2D eigenvalue weighted by Crippen LogP contribution is 1.99. The van der Waals surface area contributed by atoms with E-state index in [2.05, 4.69) is 25.7 Å². The van der Waals surface area contributed by atoms with Crippen LogP contribution in [-0.4, -0.2) is 30.4 Å². The van der Waals surface area contributed by atoms with Gasteiger partial charge in [0, 0.05) is 12.4 Å². The van der Waals surface area contributed by atoms with Crippen molar-refractivity contribution in [2.45, 2.75) is 27.2 Å². The van der Waals surface area contributed by atoms with Gasteiger partial charge in [-0.05, 0) is 25.4 Å². The van der Waals surface area contributed by atoms with E-state index in [0.717, 1.165) is 31.3 Å². The number of hydrogen-bond donors (Lipinski definition) is 0. The quantitative estimate of drug-likeness (QED) is 0.564. The highest BCUT2D eigenvalue weighted by Gasteiger charge is 2.03. The number of halogens is 1. The number of hydrogen-bond acceptors (Lipinski definition) is 1. The van der Waals surface area contributed by atoms with Crippen molar-refractivity contribution in [1.82, 2.24) is 4.90 Å². The van der Waals surface area contributed by atoms with Gasteiger partial charge >= 0.3 is 0 Å². The molecular formula is C9H20ClN. The third-order valence-electron chi connectivity index (χ3n) is 1.68. The minimum Gasteiger partial charge on any atom is -0.303 e. The van der Waals surface area contributed by atoms with Gasteiger partial charge in [0.15, 0.2) is 0 Å². The van der Waals surface area contributed by atoms with Crippen LogP contribution in [-0.2, 0) is 0 Å². The lowest BCUT2D eigenvalue weighted by atomic mass is 10.2. The lowest BCUT2D eigenvalue weighted by Crippen LogP contribution is -2.28. The SMILES string of the molecule is CCN(CCCCl)CC(C)C. The van der Waals surface area contributed by atoms with E-state index in [1.54, 1.807) is 0 Å². The van der Waals surface area contributed by atoms with E-state index in [1.165, 1.54) is 6.54 Å². The van der Waals surface area contributed by atoms with Crippen molar-refractivity contribution < 1.29 is 0 Å². The summed E-state index contributed by atoms with van der Waals surface area (Å²) in [5, 5.41) is 0. The summed E-state index contributed by atoms with van der Waals surface area (Å²) in [6.45, 7) is 10.2. The number of rotatable bonds is 6. The van der Waals surface area contributed by atoms with Crippen molar-refractivity contribution in [3.63, 3.8) is 0 Å². The summed E-state index contributed by atoms with van der Waals surface area (Å²) >= 11 is 5.61. The van der Waals surface area contributed by atoms with Crippen LogP contribution >= 0.6 is 11.6 Å². The molecule has 0 unspecified atom stereocenters. The average molecular weight is 178 g/mol. The van der Waals surface area contributed by atoms with E-state index in [-0.39, 0.29) is 0 Å². The van der Waals surface area contributed by atoms with Crippen molar-refractivity contribution in [3.05, 3.63) is 0 Å². The van der Waals surface area contributed by atoms with Crippen LogP contribution in [0.5, 0.6) is 0 Å². The Bertz CT molecular complexity index is 83.6. The molecule has 2 heteroatoms. The molecule has 0 saturated carbocycles. The predicted octanol–water partition coefficient (Wildman–Crippen LogP) is 2.59. The molecule has 0 aliphatic rings. The van der Waals surface area contributed by atoms with Gasteiger partial charge in [0.2, 0.25) is 0 Å². The Morgan fingerprint density at radius 1 is 1.36 bits per heavy atom. The largest absolute Gasteiger partial charge is 0.303 e. The molecule has 1 nitrogen and oxygen atoms in total. The number of nitrogens with zero attached hydrogens (tertiary/aromatic N) is 1. The van der Waals surface area contributed by atoms with Crippen LogP contribution in [0.3, 0.4) is 0 Å². The first kappa shape index (κ1) is 11.2. The first-order valence-corrected chi connectivity index (χ1v) is 5.02. The second-order valence-corrected chi connectivity index (χ2v) is 3.71. The summed E-state index contributed by atoms with van der Waals surface area (Å²) in [5.41, 5.74) is 0. The van der Waals surface area contributed by atoms with Crippen LogP contribution in [0.4, 0.5) is 0 Å². The normalized spacial score (nSPS) is 11.5. The molecule has 0 aromatic heterocycles. The van der Waals surface area contributed by atoms with Crippen molar-refractivity contribution >= 4 is 11.6 Å². The van der Waals surface area contributed by atoms with E-state index in [4.69, 9.17) is 11.6 Å². The number of alkyl halides is 1. The maximum atomic E-state index is 5.61. The monoisotopic (exact) mass is 177 g/mol. The third-order valence-corrected chi connectivity index (χ3v) is 1.95. The van der Waals surface area contributed by atoms with Crippen molar-refractivity contribution in [2.24, 2.45) is 5.92 Å². The minimum absolute atomic E-state index is 0.769. The van der Waals surface area contributed by atoms with E-state index < -0.39 is 0 Å². The van der Waals surface area contributed by atoms with Crippen LogP contribution in [0.25, 0.3) is 0 Å². The molecule has 0 radical (unpaired) electrons. The molecule has 68 valence electrons. The summed E-state index contributed by atoms with van der Waals surface area (Å²) in [5.74, 6) is 1.56. The van der Waals surface area contributed by atoms with Crippen molar-refractivity contribution in [1.29, 1.82) is 0 Å². The first-order chi connectivity index (χ1) is 5.20. The Hall–Kier alpha value is 0.250. The van der Waals surface area contributed by atoms with Crippen LogP contribution in [0.1, 0.15) is 27.2 Å². The predicted molar refractivity (Wildman–Crippen MR) is 52.3 cm³/mol. The zero-order valence-electron chi connectivity index (χ0n) is 7.94. The third kappa shape index (κ3) is 6.64. The zero-order chi connectivity index (χ0) is 8.69. The zero-order valence-corrected chi connectivity index (χ0v) is 8.69. The van der Waals surface area contributed by atoms with Crippen molar-refractivity contribution in [3.8, 4) is 0 Å². The average Bonchev–Trinajstić information content (AvgIpc) is 1.97. The highest BCUT2D eigenvalue weighted by atomic mass is 35.5. The summed E-state index contributed by atoms with van der Waals surface area (Å²) in [7, 11) is 0. The van der Waals surface area contributed by atoms with Crippen molar-refractivity contribution in [2.75, 3.05) is 25.5 Å². The van der Waals surface area contributed by atoms with E-state index in [1.807, 2.05) is 0 Å². The van der Waals surface area contributed by atoms with Gasteiger partial charge < -0.3 is 4.90 Å². The van der Waals surface area contributed by atoms with Crippen LogP contribution in [0, 0.1) is 5.92 Å². The highest BCUT2D eigenvalue weighted by molar-refractivity contribution is 6.17. The fraction of sp³-hybridized carbons (Fsp3) is 1.00. The second-order valence-electron chi connectivity index (χ2n) is 3.33. The van der Waals surface area contributed by atoms with Gasteiger partial charge in [0.1, 0.15) is 0 Å². The lowest BCUT2D eigenvalue weighted by Gasteiger charge is -2.21. The summed E-state index contributed by atoms with van der Waals surface area (Å²) in [6, 6.07) is 0. The molecule has 0 bridgehead atoms. The molecule has 0 saturated heterocycles. The Morgan fingerprint density at radius 3 is 2.36 bits per heavy atom. The molecule has 0 atom stereocenters. The molecule has 0 heterocycles. The fourth-order valence-corrected chi connectivity index (χ4v) is 1.30. The maximum Gasteiger partial charge on any atom is 0.0235 e. The molecule has 0 amide bonds. The van der Waals surface area contributed by atoms with E-state index in [9.17, 15) is 0 Å². The van der Waals surface area contributed by atoms with Crippen LogP contribution in [0.15, 0.2) is 0 Å². The summed E-state index contributed by atoms with van der Waals surface area (Å²) < 4.78 is 0. The molecule has 11 heavy (non-hydrogen) atoms. The molecule has 0 spiro atoms. The Kier molecular flexibility index (Phi) is 7.09. The van der Waals surface area contributed by atoms with Gasteiger partial charge in [0.25, 0.3) is 0 Å². The summed E-state index contributed by atoms with van der Waals surface area (Å²) in [4.78, 5) is 2.45. The van der Waals surface area contributed by atoms with Gasteiger partial charge in [-0.25, -0.2) is 0 Å². The molecular weight excluding hydrogens is 158 g/mol. The summed E-state index contributed by atoms with van der Waals surface area (Å²) in [6.07, 6.45) is 1.11. The molecule has 0 aromatic rings. The molecule has 0 rings (SSSR count). The van der Waals surface area contributed by atoms with E-state index >= 15 is 0 Å². The molecule has 0 fully saturated rings. The minimum atomic E-state index is 0.769. The van der Waals surface area contributed by atoms with E-state index in [0.29, 0.717) is 0 Å². The van der Waals surface area contributed by atoms with Gasteiger partial charge in [-0.2, -0.15) is 0 Å². The maximum absolute atomic E-state index is 5.61. The lowest BCUT2D eigenvalue weighted by molar-refractivity contribution is 0.257. The molecule has 0 aliphatic carbocycles. The smallest absolute Gasteiger partial charge is 0.0235 e. The fourth-order valence-electron chi connectivity index (χ4n) is 1.18. The van der Waals surface area contributed by atoms with Crippen LogP contribution < -0.4 is 0 Å². The molecule has 0 N–H and O–H groups in total. The Labute approximate surface area is 75.7 Å². The van der Waals surface area contributed by atoms with Gasteiger partial charge in [-0.1, -0.05) is 20.8 Å². The standard InChI is InChI=1S/C9H20ClN/c1-4-11(7-5-6-10)8-9(2)3/h9H,4-8H2,1-3H3. The first-order valence-electron chi connectivity index (χ1n) is 4.49. The second kappa shape index (κ2) is 6.93. The molecule has 0 aliphatic heterocycles. The van der Waals surface area contributed by atoms with Gasteiger partial charge in [-0.15, -0.1) is 11.6 Å². The Morgan fingerprint density at radius 2 is 2.00 bits per heavy atom. The topological polar surface area (TPSA) is 3.24 Å². The van der Waals surface area contributed by atoms with Gasteiger partial charge in [0.05, 0.1) is 0 Å².